The number of hydrogen-bond acceptors (Lipinski definition) is 1. The first-order chi connectivity index (χ1) is 6.41. The third-order valence-corrected chi connectivity index (χ3v) is 3.08. The topological polar surface area (TPSA) is 0 Å². The van der Waals surface area contributed by atoms with Crippen molar-refractivity contribution in [3.05, 3.63) is 12.2 Å². The van der Waals surface area contributed by atoms with Crippen LogP contribution in [0, 0.1) is 0 Å². The lowest BCUT2D eigenvalue weighted by Crippen LogP contribution is -1.82. The minimum absolute atomic E-state index is 1.28. The summed E-state index contributed by atoms with van der Waals surface area (Å²) in [6.45, 7) is 4.34. The van der Waals surface area contributed by atoms with Crippen molar-refractivity contribution in [2.24, 2.45) is 0 Å². The third-order valence-electron chi connectivity index (χ3n) is 2.10. The Bertz CT molecular complexity index is 108. The van der Waals surface area contributed by atoms with E-state index in [1.165, 1.54) is 50.0 Å². The Morgan fingerprint density at radius 1 is 1.00 bits per heavy atom. The summed E-state index contributed by atoms with van der Waals surface area (Å²) in [5, 5.41) is 0. The van der Waals surface area contributed by atoms with Crippen molar-refractivity contribution in [1.82, 2.24) is 0 Å². The van der Waals surface area contributed by atoms with E-state index in [1.54, 1.807) is 0 Å². The molecule has 0 aromatic carbocycles. The fourth-order valence-corrected chi connectivity index (χ4v) is 2.00. The van der Waals surface area contributed by atoms with Gasteiger partial charge >= 0.3 is 0 Å². The Morgan fingerprint density at radius 2 is 1.69 bits per heavy atom. The molecule has 0 spiro atoms. The summed E-state index contributed by atoms with van der Waals surface area (Å²) >= 11 is 2.07. The van der Waals surface area contributed by atoms with Gasteiger partial charge in [-0.1, -0.05) is 38.3 Å². The zero-order valence-corrected chi connectivity index (χ0v) is 10.0. The van der Waals surface area contributed by atoms with E-state index in [0.29, 0.717) is 0 Å². The van der Waals surface area contributed by atoms with Crippen molar-refractivity contribution in [3.8, 4) is 0 Å². The molecule has 0 heterocycles. The fraction of sp³-hybridized carbons (Fsp3) is 0.833. The molecule has 0 saturated heterocycles. The van der Waals surface area contributed by atoms with Crippen molar-refractivity contribution in [2.45, 2.75) is 52.4 Å². The smallest absolute Gasteiger partial charge is 0.00676 e. The second-order valence-corrected chi connectivity index (χ2v) is 4.72. The zero-order chi connectivity index (χ0) is 9.78. The number of hydrogen-bond donors (Lipinski definition) is 0. The molecule has 0 rings (SSSR count). The van der Waals surface area contributed by atoms with E-state index in [9.17, 15) is 0 Å². The van der Waals surface area contributed by atoms with Crippen LogP contribution >= 0.6 is 11.8 Å². The largest absolute Gasteiger partial charge is 0.162 e. The maximum absolute atomic E-state index is 2.27. The number of thioether (sulfide) groups is 1. The highest BCUT2D eigenvalue weighted by molar-refractivity contribution is 7.99. The molecule has 0 aromatic rings. The Balaban J connectivity index is 2.83. The molecule has 0 aliphatic rings. The van der Waals surface area contributed by atoms with Gasteiger partial charge in [-0.2, -0.15) is 11.8 Å². The summed E-state index contributed by atoms with van der Waals surface area (Å²) in [7, 11) is 0. The highest BCUT2D eigenvalue weighted by Crippen LogP contribution is 2.09. The Kier molecular flexibility index (Phi) is 12.2. The highest BCUT2D eigenvalue weighted by atomic mass is 32.2. The van der Waals surface area contributed by atoms with Gasteiger partial charge < -0.3 is 0 Å². The minimum Gasteiger partial charge on any atom is -0.162 e. The normalized spacial score (nSPS) is 11.2. The van der Waals surface area contributed by atoms with Gasteiger partial charge in [0.25, 0.3) is 0 Å². The molecule has 0 saturated carbocycles. The SMILES string of the molecule is C/C=C/CCCCCCCSCC. The van der Waals surface area contributed by atoms with Crippen LogP contribution in [0.5, 0.6) is 0 Å². The van der Waals surface area contributed by atoms with Crippen molar-refractivity contribution in [3.63, 3.8) is 0 Å². The van der Waals surface area contributed by atoms with E-state index in [4.69, 9.17) is 0 Å². The van der Waals surface area contributed by atoms with Gasteiger partial charge in [-0.25, -0.2) is 0 Å². The van der Waals surface area contributed by atoms with Crippen LogP contribution in [0.1, 0.15) is 52.4 Å². The van der Waals surface area contributed by atoms with Crippen LogP contribution in [-0.2, 0) is 0 Å². The van der Waals surface area contributed by atoms with E-state index in [0.717, 1.165) is 0 Å². The molecule has 0 aliphatic heterocycles. The number of allylic oxidation sites excluding steroid dienone is 2. The summed E-state index contributed by atoms with van der Waals surface area (Å²) in [5.41, 5.74) is 0. The standard InChI is InChI=1S/C12H24S/c1-3-5-6-7-8-9-10-11-12-13-4-2/h3,5H,4,6-12H2,1-2H3/b5-3+. The Morgan fingerprint density at radius 3 is 2.38 bits per heavy atom. The summed E-state index contributed by atoms with van der Waals surface area (Å²) in [4.78, 5) is 0. The second-order valence-electron chi connectivity index (χ2n) is 3.32. The van der Waals surface area contributed by atoms with Crippen molar-refractivity contribution in [2.75, 3.05) is 11.5 Å². The number of unbranched alkanes of at least 4 members (excludes halogenated alkanes) is 5. The van der Waals surface area contributed by atoms with Gasteiger partial charge in [0.1, 0.15) is 0 Å². The van der Waals surface area contributed by atoms with Gasteiger partial charge in [0.05, 0.1) is 0 Å². The van der Waals surface area contributed by atoms with Crippen LogP contribution in [0.3, 0.4) is 0 Å². The molecule has 1 heteroatoms. The number of rotatable bonds is 9. The molecule has 0 atom stereocenters. The summed E-state index contributed by atoms with van der Waals surface area (Å²) in [5.74, 6) is 2.65. The van der Waals surface area contributed by atoms with Gasteiger partial charge in [0.15, 0.2) is 0 Å². The highest BCUT2D eigenvalue weighted by Gasteiger charge is 1.89. The molecule has 0 aliphatic carbocycles. The minimum atomic E-state index is 1.28. The van der Waals surface area contributed by atoms with Crippen LogP contribution in [0.15, 0.2) is 12.2 Å². The van der Waals surface area contributed by atoms with E-state index in [1.807, 2.05) is 0 Å². The Labute approximate surface area is 88.2 Å². The van der Waals surface area contributed by atoms with Crippen molar-refractivity contribution in [1.29, 1.82) is 0 Å². The van der Waals surface area contributed by atoms with Crippen LogP contribution in [0.25, 0.3) is 0 Å². The fourth-order valence-electron chi connectivity index (χ4n) is 1.31. The molecule has 0 bridgehead atoms. The summed E-state index contributed by atoms with van der Waals surface area (Å²) in [6.07, 6.45) is 12.8. The maximum atomic E-state index is 2.27. The predicted molar refractivity (Wildman–Crippen MR) is 65.5 cm³/mol. The van der Waals surface area contributed by atoms with Crippen LogP contribution in [-0.4, -0.2) is 11.5 Å². The first-order valence-corrected chi connectivity index (χ1v) is 6.76. The summed E-state index contributed by atoms with van der Waals surface area (Å²) < 4.78 is 0. The van der Waals surface area contributed by atoms with Gasteiger partial charge in [-0.15, -0.1) is 0 Å². The Hall–Kier alpha value is 0.0900. The molecule has 0 amide bonds. The van der Waals surface area contributed by atoms with Gasteiger partial charge in [0.2, 0.25) is 0 Å². The second kappa shape index (κ2) is 12.1. The molecule has 0 fully saturated rings. The molecule has 0 nitrogen and oxygen atoms in total. The van der Waals surface area contributed by atoms with Crippen LogP contribution in [0.4, 0.5) is 0 Å². The molecule has 0 N–H and O–H groups in total. The molecule has 78 valence electrons. The monoisotopic (exact) mass is 200 g/mol. The predicted octanol–water partition coefficient (Wildman–Crippen LogP) is 4.66. The molecular formula is C12H24S. The first kappa shape index (κ1) is 13.1. The van der Waals surface area contributed by atoms with Crippen molar-refractivity contribution < 1.29 is 0 Å². The first-order valence-electron chi connectivity index (χ1n) is 5.60. The van der Waals surface area contributed by atoms with E-state index < -0.39 is 0 Å². The van der Waals surface area contributed by atoms with Gasteiger partial charge in [0, 0.05) is 0 Å². The van der Waals surface area contributed by atoms with Gasteiger partial charge in [-0.05, 0) is 37.7 Å². The van der Waals surface area contributed by atoms with Gasteiger partial charge in [-0.3, -0.25) is 0 Å². The van der Waals surface area contributed by atoms with E-state index >= 15 is 0 Å². The van der Waals surface area contributed by atoms with Crippen LogP contribution < -0.4 is 0 Å². The lowest BCUT2D eigenvalue weighted by Gasteiger charge is -1.99. The van der Waals surface area contributed by atoms with Crippen LogP contribution in [0.2, 0.25) is 0 Å². The molecular weight excluding hydrogens is 176 g/mol. The zero-order valence-electron chi connectivity index (χ0n) is 9.22. The molecule has 0 radical (unpaired) electrons. The lowest BCUT2D eigenvalue weighted by atomic mass is 10.1. The quantitative estimate of drug-likeness (QED) is 0.385. The third kappa shape index (κ3) is 12.1. The maximum Gasteiger partial charge on any atom is -0.00676 e. The van der Waals surface area contributed by atoms with E-state index in [-0.39, 0.29) is 0 Å². The average molecular weight is 200 g/mol. The molecule has 0 aromatic heterocycles. The summed E-state index contributed by atoms with van der Waals surface area (Å²) in [6, 6.07) is 0. The molecule has 13 heavy (non-hydrogen) atoms. The van der Waals surface area contributed by atoms with Crippen molar-refractivity contribution >= 4 is 11.8 Å². The molecule has 0 unspecified atom stereocenters. The average Bonchev–Trinajstić information content (AvgIpc) is 2.16. The van der Waals surface area contributed by atoms with E-state index in [2.05, 4.69) is 37.8 Å². The lowest BCUT2D eigenvalue weighted by molar-refractivity contribution is 0.640.